The first-order valence-corrected chi connectivity index (χ1v) is 13.3. The van der Waals surface area contributed by atoms with Crippen molar-refractivity contribution in [1.82, 2.24) is 14.5 Å². The van der Waals surface area contributed by atoms with Crippen LogP contribution >= 0.6 is 11.6 Å². The van der Waals surface area contributed by atoms with E-state index >= 15 is 0 Å². The molecule has 190 valence electrons. The molecule has 2 aliphatic carbocycles. The van der Waals surface area contributed by atoms with Gasteiger partial charge in [0.2, 0.25) is 5.91 Å². The number of halogens is 2. The van der Waals surface area contributed by atoms with Crippen LogP contribution in [0.25, 0.3) is 10.9 Å². The van der Waals surface area contributed by atoms with Crippen LogP contribution in [0.4, 0.5) is 4.39 Å². The lowest BCUT2D eigenvalue weighted by molar-refractivity contribution is -0.126. The molecule has 0 saturated heterocycles. The minimum absolute atomic E-state index is 0.00460. The molecule has 0 aliphatic heterocycles. The number of para-hydroxylation sites is 1. The molecule has 8 heteroatoms. The molecule has 0 spiro atoms. The molecule has 0 unspecified atom stereocenters. The fourth-order valence-electron chi connectivity index (χ4n) is 5.78. The van der Waals surface area contributed by atoms with Crippen LogP contribution in [0.3, 0.4) is 0 Å². The first kappa shape index (κ1) is 24.8. The predicted octanol–water partition coefficient (Wildman–Crippen LogP) is 4.87. The highest BCUT2D eigenvalue weighted by molar-refractivity contribution is 6.31. The third-order valence-corrected chi connectivity index (χ3v) is 8.22. The van der Waals surface area contributed by atoms with E-state index in [0.29, 0.717) is 16.9 Å². The van der Waals surface area contributed by atoms with Gasteiger partial charge in [-0.15, -0.1) is 0 Å². The second-order valence-electron chi connectivity index (χ2n) is 10.2. The first-order chi connectivity index (χ1) is 17.4. The van der Waals surface area contributed by atoms with Gasteiger partial charge in [0.05, 0.1) is 17.4 Å². The highest BCUT2D eigenvalue weighted by Gasteiger charge is 2.29. The van der Waals surface area contributed by atoms with Crippen molar-refractivity contribution in [3.63, 3.8) is 0 Å². The van der Waals surface area contributed by atoms with Gasteiger partial charge in [0.25, 0.3) is 5.56 Å². The van der Waals surface area contributed by atoms with Crippen LogP contribution in [0.5, 0.6) is 0 Å². The summed E-state index contributed by atoms with van der Waals surface area (Å²) in [6, 6.07) is 11.6. The number of nitrogens with one attached hydrogen (secondary N) is 1. The number of carbonyl (C=O) groups is 1. The Balaban J connectivity index is 1.38. The Morgan fingerprint density at radius 1 is 0.944 bits per heavy atom. The van der Waals surface area contributed by atoms with Crippen molar-refractivity contribution in [2.24, 2.45) is 11.8 Å². The molecule has 0 atom stereocenters. The van der Waals surface area contributed by atoms with E-state index in [2.05, 4.69) is 5.32 Å². The average molecular weight is 512 g/mol. The van der Waals surface area contributed by atoms with Gasteiger partial charge in [-0.25, -0.2) is 9.18 Å². The van der Waals surface area contributed by atoms with Crippen molar-refractivity contribution in [2.75, 3.05) is 0 Å². The van der Waals surface area contributed by atoms with Crippen molar-refractivity contribution >= 4 is 28.4 Å². The van der Waals surface area contributed by atoms with Gasteiger partial charge in [0.1, 0.15) is 5.82 Å². The fourth-order valence-corrected chi connectivity index (χ4v) is 6.00. The number of carbonyl (C=O) groups excluding carboxylic acids is 1. The Kier molecular flexibility index (Phi) is 7.28. The highest BCUT2D eigenvalue weighted by atomic mass is 35.5. The summed E-state index contributed by atoms with van der Waals surface area (Å²) in [4.78, 5) is 39.6. The van der Waals surface area contributed by atoms with Gasteiger partial charge in [-0.1, -0.05) is 42.6 Å². The molecule has 2 aliphatic rings. The van der Waals surface area contributed by atoms with Crippen LogP contribution in [0.15, 0.2) is 52.1 Å². The summed E-state index contributed by atoms with van der Waals surface area (Å²) < 4.78 is 17.3. The number of nitrogens with zero attached hydrogens (tertiary/aromatic N) is 2. The number of hydrogen-bond donors (Lipinski definition) is 1. The molecule has 1 heterocycles. The Bertz CT molecular complexity index is 1360. The third-order valence-electron chi connectivity index (χ3n) is 7.87. The Labute approximate surface area is 214 Å². The van der Waals surface area contributed by atoms with Crippen molar-refractivity contribution in [3.8, 4) is 0 Å². The topological polar surface area (TPSA) is 73.1 Å². The smallest absolute Gasteiger partial charge is 0.331 e. The van der Waals surface area contributed by atoms with Crippen molar-refractivity contribution in [2.45, 2.75) is 70.5 Å². The van der Waals surface area contributed by atoms with Crippen LogP contribution in [0.2, 0.25) is 5.02 Å². The van der Waals surface area contributed by atoms with Gasteiger partial charge in [-0.05, 0) is 68.7 Å². The zero-order valence-corrected chi connectivity index (χ0v) is 21.0. The standard InChI is InChI=1S/C28H31ClFN3O3/c29-23-9-5-10-24(30)22(23)17-32-25-11-4-3-8-21(25)27(35)33(28(32)36)16-18-12-14-19(15-13-18)26(34)31-20-6-1-2-7-20/h3-5,8-11,18-20H,1-2,6-7,12-17H2,(H,31,34). The van der Waals surface area contributed by atoms with Crippen LogP contribution in [-0.2, 0) is 17.9 Å². The summed E-state index contributed by atoms with van der Waals surface area (Å²) in [5, 5.41) is 3.85. The molecule has 36 heavy (non-hydrogen) atoms. The largest absolute Gasteiger partial charge is 0.353 e. The normalized spacial score (nSPS) is 20.6. The monoisotopic (exact) mass is 511 g/mol. The molecule has 2 aromatic carbocycles. The zero-order chi connectivity index (χ0) is 25.2. The summed E-state index contributed by atoms with van der Waals surface area (Å²) in [5.41, 5.74) is -0.146. The maximum Gasteiger partial charge on any atom is 0.331 e. The Morgan fingerprint density at radius 3 is 2.39 bits per heavy atom. The molecule has 0 bridgehead atoms. The van der Waals surface area contributed by atoms with Crippen LogP contribution in [0, 0.1) is 17.7 Å². The lowest BCUT2D eigenvalue weighted by Gasteiger charge is -2.29. The fraction of sp³-hybridized carbons (Fsp3) is 0.464. The van der Waals surface area contributed by atoms with Gasteiger partial charge in [0.15, 0.2) is 0 Å². The maximum atomic E-state index is 14.5. The van der Waals surface area contributed by atoms with Gasteiger partial charge >= 0.3 is 5.69 Å². The number of benzene rings is 2. The second kappa shape index (κ2) is 10.6. The summed E-state index contributed by atoms with van der Waals surface area (Å²) in [6.07, 6.45) is 7.56. The molecule has 1 N–H and O–H groups in total. The van der Waals surface area contributed by atoms with Gasteiger partial charge in [-0.3, -0.25) is 18.7 Å². The van der Waals surface area contributed by atoms with E-state index in [1.165, 1.54) is 34.1 Å². The lowest BCUT2D eigenvalue weighted by atomic mass is 9.81. The van der Waals surface area contributed by atoms with Crippen molar-refractivity contribution < 1.29 is 9.18 Å². The van der Waals surface area contributed by atoms with Crippen LogP contribution in [0.1, 0.15) is 56.9 Å². The number of amides is 1. The molecule has 2 fully saturated rings. The third kappa shape index (κ3) is 4.99. The molecule has 1 amide bonds. The maximum absolute atomic E-state index is 14.5. The summed E-state index contributed by atoms with van der Waals surface area (Å²) >= 11 is 6.25. The molecule has 1 aromatic heterocycles. The van der Waals surface area contributed by atoms with Gasteiger partial charge in [0, 0.05) is 29.1 Å². The predicted molar refractivity (Wildman–Crippen MR) is 139 cm³/mol. The van der Waals surface area contributed by atoms with E-state index in [-0.39, 0.29) is 47.0 Å². The average Bonchev–Trinajstić information content (AvgIpc) is 3.39. The van der Waals surface area contributed by atoms with E-state index in [0.717, 1.165) is 38.5 Å². The minimum atomic E-state index is -0.495. The minimum Gasteiger partial charge on any atom is -0.353 e. The molecule has 0 radical (unpaired) electrons. The Hall–Kier alpha value is -2.93. The SMILES string of the molecule is O=C(NC1CCCC1)C1CCC(Cn2c(=O)c3ccccc3n(Cc3c(F)cccc3Cl)c2=O)CC1. The first-order valence-electron chi connectivity index (χ1n) is 12.9. The number of fused-ring (bicyclic) bond motifs is 1. The van der Waals surface area contributed by atoms with E-state index in [4.69, 9.17) is 11.6 Å². The van der Waals surface area contributed by atoms with Crippen LogP contribution < -0.4 is 16.6 Å². The van der Waals surface area contributed by atoms with Gasteiger partial charge in [-0.2, -0.15) is 0 Å². The van der Waals surface area contributed by atoms with E-state index in [1.807, 2.05) is 0 Å². The summed E-state index contributed by atoms with van der Waals surface area (Å²) in [5.74, 6) is -0.231. The number of hydrogen-bond acceptors (Lipinski definition) is 3. The molecule has 3 aromatic rings. The lowest BCUT2D eigenvalue weighted by Crippen LogP contribution is -2.43. The molecule has 2 saturated carbocycles. The molecular formula is C28H31ClFN3O3. The number of aromatic nitrogens is 2. The van der Waals surface area contributed by atoms with E-state index in [1.54, 1.807) is 30.3 Å². The number of rotatable bonds is 6. The highest BCUT2D eigenvalue weighted by Crippen LogP contribution is 2.30. The zero-order valence-electron chi connectivity index (χ0n) is 20.2. The summed E-state index contributed by atoms with van der Waals surface area (Å²) in [6.45, 7) is 0.212. The molecule has 5 rings (SSSR count). The molecule has 6 nitrogen and oxygen atoms in total. The van der Waals surface area contributed by atoms with E-state index in [9.17, 15) is 18.8 Å². The molecular weight excluding hydrogens is 481 g/mol. The Morgan fingerprint density at radius 2 is 1.67 bits per heavy atom. The quantitative estimate of drug-likeness (QED) is 0.513. The van der Waals surface area contributed by atoms with E-state index < -0.39 is 11.5 Å². The van der Waals surface area contributed by atoms with Crippen molar-refractivity contribution in [1.29, 1.82) is 0 Å². The van der Waals surface area contributed by atoms with Crippen molar-refractivity contribution in [3.05, 3.63) is 79.7 Å². The van der Waals surface area contributed by atoms with Gasteiger partial charge < -0.3 is 5.32 Å². The second-order valence-corrected chi connectivity index (χ2v) is 10.6. The van der Waals surface area contributed by atoms with Crippen LogP contribution in [-0.4, -0.2) is 21.1 Å². The summed E-state index contributed by atoms with van der Waals surface area (Å²) in [7, 11) is 0.